The zero-order valence-electron chi connectivity index (χ0n) is 27.5. The molecule has 1 fully saturated rings. The molecule has 2 heterocycles. The van der Waals surface area contributed by atoms with Crippen molar-refractivity contribution in [1.82, 2.24) is 9.80 Å². The third-order valence-corrected chi connectivity index (χ3v) is 10.3. The van der Waals surface area contributed by atoms with Gasteiger partial charge < -0.3 is 19.7 Å². The van der Waals surface area contributed by atoms with Crippen LogP contribution in [0.2, 0.25) is 0 Å². The van der Waals surface area contributed by atoms with Gasteiger partial charge in [0.05, 0.1) is 13.7 Å². The van der Waals surface area contributed by atoms with Crippen LogP contribution in [0.4, 0.5) is 10.5 Å². The zero-order chi connectivity index (χ0) is 33.6. The Kier molecular flexibility index (Phi) is 9.94. The van der Waals surface area contributed by atoms with Crippen molar-refractivity contribution >= 4 is 27.6 Å². The Morgan fingerprint density at radius 2 is 1.31 bits per heavy atom. The number of hydrogen-bond acceptors (Lipinski definition) is 4. The Bertz CT molecular complexity index is 1750. The molecule has 1 saturated heterocycles. The summed E-state index contributed by atoms with van der Waals surface area (Å²) >= 11 is 3.63. The Balaban J connectivity index is 1.22. The fourth-order valence-electron chi connectivity index (χ4n) is 7.35. The Hall–Kier alpha value is -4.69. The van der Waals surface area contributed by atoms with Gasteiger partial charge in [0.1, 0.15) is 11.4 Å². The Morgan fingerprint density at radius 3 is 1.86 bits per heavy atom. The summed E-state index contributed by atoms with van der Waals surface area (Å²) in [4.78, 5) is 18.1. The molecule has 6 nitrogen and oxygen atoms in total. The highest BCUT2D eigenvalue weighted by molar-refractivity contribution is 9.10. The molecule has 3 atom stereocenters. The van der Waals surface area contributed by atoms with Crippen LogP contribution in [0.5, 0.6) is 5.75 Å². The fraction of sp³-hybridized carbons (Fsp3) is 0.214. The molecule has 248 valence electrons. The number of rotatable bonds is 9. The van der Waals surface area contributed by atoms with E-state index in [9.17, 15) is 4.79 Å². The van der Waals surface area contributed by atoms with E-state index in [0.717, 1.165) is 39.1 Å². The van der Waals surface area contributed by atoms with Crippen LogP contribution in [0.15, 0.2) is 156 Å². The molecule has 49 heavy (non-hydrogen) atoms. The highest BCUT2D eigenvalue weighted by Crippen LogP contribution is 2.46. The van der Waals surface area contributed by atoms with Crippen LogP contribution >= 0.6 is 15.9 Å². The van der Waals surface area contributed by atoms with Crippen molar-refractivity contribution < 1.29 is 14.3 Å². The van der Waals surface area contributed by atoms with Crippen LogP contribution in [0.3, 0.4) is 0 Å². The number of anilines is 1. The number of benzene rings is 5. The number of ether oxygens (including phenoxy) is 2. The average molecular weight is 715 g/mol. The maximum absolute atomic E-state index is 13.7. The van der Waals surface area contributed by atoms with E-state index in [0.29, 0.717) is 19.7 Å². The van der Waals surface area contributed by atoms with Crippen molar-refractivity contribution in [3.8, 4) is 5.75 Å². The highest BCUT2D eigenvalue weighted by Gasteiger charge is 2.51. The number of halogens is 1. The number of nitrogens with zero attached hydrogens (tertiary/aromatic N) is 2. The smallest absolute Gasteiger partial charge is 0.322 e. The molecule has 0 bridgehead atoms. The first-order valence-corrected chi connectivity index (χ1v) is 17.5. The van der Waals surface area contributed by atoms with E-state index in [-0.39, 0.29) is 24.0 Å². The number of methoxy groups -OCH3 is 1. The number of carbonyl (C=O) groups is 1. The monoisotopic (exact) mass is 713 g/mol. The summed E-state index contributed by atoms with van der Waals surface area (Å²) in [6, 6.07) is 47.7. The summed E-state index contributed by atoms with van der Waals surface area (Å²) in [5, 5.41) is 3.09. The van der Waals surface area contributed by atoms with E-state index in [1.54, 1.807) is 7.11 Å². The fourth-order valence-corrected chi connectivity index (χ4v) is 7.62. The van der Waals surface area contributed by atoms with Crippen LogP contribution in [0.25, 0.3) is 0 Å². The summed E-state index contributed by atoms with van der Waals surface area (Å²) in [7, 11) is 1.63. The van der Waals surface area contributed by atoms with E-state index < -0.39 is 5.60 Å². The summed E-state index contributed by atoms with van der Waals surface area (Å²) in [5.41, 5.74) is 4.40. The van der Waals surface area contributed by atoms with Gasteiger partial charge >= 0.3 is 6.03 Å². The van der Waals surface area contributed by atoms with Gasteiger partial charge in [-0.2, -0.15) is 0 Å². The first-order chi connectivity index (χ1) is 24.1. The minimum atomic E-state index is -0.817. The van der Waals surface area contributed by atoms with E-state index in [1.807, 2.05) is 47.4 Å². The van der Waals surface area contributed by atoms with Crippen LogP contribution in [-0.4, -0.2) is 61.3 Å². The molecule has 5 aromatic carbocycles. The Labute approximate surface area is 297 Å². The summed E-state index contributed by atoms with van der Waals surface area (Å²) < 4.78 is 13.7. The third kappa shape index (κ3) is 6.79. The van der Waals surface area contributed by atoms with E-state index in [1.165, 1.54) is 5.56 Å². The van der Waals surface area contributed by atoms with Gasteiger partial charge in [-0.05, 0) is 58.7 Å². The molecule has 0 spiro atoms. The lowest BCUT2D eigenvalue weighted by Gasteiger charge is -2.57. The van der Waals surface area contributed by atoms with Crippen molar-refractivity contribution in [3.63, 3.8) is 0 Å². The molecular weight excluding hydrogens is 674 g/mol. The molecule has 2 aliphatic heterocycles. The van der Waals surface area contributed by atoms with Crippen molar-refractivity contribution in [2.75, 3.05) is 38.7 Å². The molecule has 5 aromatic rings. The van der Waals surface area contributed by atoms with Crippen LogP contribution in [0.1, 0.15) is 28.2 Å². The molecule has 0 radical (unpaired) electrons. The van der Waals surface area contributed by atoms with Crippen LogP contribution in [0, 0.1) is 0 Å². The zero-order valence-corrected chi connectivity index (χ0v) is 29.1. The second-order valence-corrected chi connectivity index (χ2v) is 13.4. The van der Waals surface area contributed by atoms with E-state index >= 15 is 0 Å². The number of amides is 2. The third-order valence-electron chi connectivity index (χ3n) is 9.79. The van der Waals surface area contributed by atoms with Gasteiger partial charge in [-0.25, -0.2) is 4.79 Å². The molecule has 7 heteroatoms. The molecule has 7 rings (SSSR count). The lowest BCUT2D eigenvalue weighted by Crippen LogP contribution is -2.68. The maximum Gasteiger partial charge on any atom is 0.322 e. The molecule has 0 aliphatic carbocycles. The van der Waals surface area contributed by atoms with Gasteiger partial charge in [0.15, 0.2) is 0 Å². The number of carbonyl (C=O) groups excluding carboxylic acids is 1. The average Bonchev–Trinajstić information content (AvgIpc) is 3.14. The lowest BCUT2D eigenvalue weighted by atomic mass is 9.74. The summed E-state index contributed by atoms with van der Waals surface area (Å²) in [6.45, 7) is 2.40. The highest BCUT2D eigenvalue weighted by atomic mass is 79.9. The minimum Gasteiger partial charge on any atom is -0.497 e. The largest absolute Gasteiger partial charge is 0.497 e. The molecule has 2 amide bonds. The van der Waals surface area contributed by atoms with Crippen molar-refractivity contribution in [1.29, 1.82) is 0 Å². The van der Waals surface area contributed by atoms with Gasteiger partial charge in [0.2, 0.25) is 0 Å². The minimum absolute atomic E-state index is 0.0796. The van der Waals surface area contributed by atoms with Gasteiger partial charge in [-0.1, -0.05) is 131 Å². The van der Waals surface area contributed by atoms with Crippen molar-refractivity contribution in [3.05, 3.63) is 178 Å². The predicted octanol–water partition coefficient (Wildman–Crippen LogP) is 8.71. The number of nitrogens with one attached hydrogen (secondary N) is 1. The van der Waals surface area contributed by atoms with Gasteiger partial charge in [0, 0.05) is 47.8 Å². The SMILES string of the molecule is COc1ccc(NC(=O)N2CC=CCN3C(C2)C(c2ccc(Br)cc2)[C@H]3COC(c2ccccc2)(c2ccccc2)c2ccccc2)cc1. The Morgan fingerprint density at radius 1 is 0.755 bits per heavy atom. The standard InChI is InChI=1S/C42H40BrN3O3/c1-48-37-25-23-36(24-26-37)44-41(47)45-27-11-12-28-46-38(29-45)40(31-19-21-35(43)22-20-31)39(46)30-49-42(32-13-5-2-6-14-32,33-15-7-3-8-16-33)34-17-9-4-10-18-34/h2-26,38-40H,27-30H2,1H3,(H,44,47)/t38?,39-,40?/m1/s1. The first kappa shape index (κ1) is 32.8. The molecule has 2 aliphatic rings. The predicted molar refractivity (Wildman–Crippen MR) is 199 cm³/mol. The van der Waals surface area contributed by atoms with Crippen molar-refractivity contribution in [2.45, 2.75) is 23.6 Å². The normalized spacial score (nSPS) is 19.2. The molecule has 0 saturated carbocycles. The lowest BCUT2D eigenvalue weighted by molar-refractivity contribution is -0.0934. The molecular formula is C42H40BrN3O3. The number of urea groups is 1. The van der Waals surface area contributed by atoms with Gasteiger partial charge in [-0.3, -0.25) is 4.90 Å². The van der Waals surface area contributed by atoms with Crippen LogP contribution in [-0.2, 0) is 10.3 Å². The number of hydrogen-bond donors (Lipinski definition) is 1. The first-order valence-electron chi connectivity index (χ1n) is 16.7. The molecule has 0 aromatic heterocycles. The quantitative estimate of drug-likeness (QED) is 0.123. The van der Waals surface area contributed by atoms with Gasteiger partial charge in [0.25, 0.3) is 0 Å². The van der Waals surface area contributed by atoms with Crippen LogP contribution < -0.4 is 10.1 Å². The molecule has 1 N–H and O–H groups in total. The molecule has 2 unspecified atom stereocenters. The topological polar surface area (TPSA) is 54.0 Å². The maximum atomic E-state index is 13.7. The summed E-state index contributed by atoms with van der Waals surface area (Å²) in [6.07, 6.45) is 4.28. The van der Waals surface area contributed by atoms with Gasteiger partial charge in [-0.15, -0.1) is 0 Å². The second kappa shape index (κ2) is 14.8. The van der Waals surface area contributed by atoms with E-state index in [2.05, 4.69) is 135 Å². The van der Waals surface area contributed by atoms with E-state index in [4.69, 9.17) is 9.47 Å². The van der Waals surface area contributed by atoms with Crippen molar-refractivity contribution in [2.24, 2.45) is 0 Å². The second-order valence-electron chi connectivity index (χ2n) is 12.5. The summed E-state index contributed by atoms with van der Waals surface area (Å²) in [5.74, 6) is 0.898. The number of fused-ring (bicyclic) bond motifs is 1.